The maximum absolute atomic E-state index is 12.9. The van der Waals surface area contributed by atoms with Gasteiger partial charge in [-0.15, -0.1) is 0 Å². The van der Waals surface area contributed by atoms with Crippen molar-refractivity contribution in [2.45, 2.75) is 63.5 Å². The number of amides is 4. The number of hydrogen-bond acceptors (Lipinski definition) is 13. The van der Waals surface area contributed by atoms with Crippen molar-refractivity contribution in [3.05, 3.63) is 105 Å². The summed E-state index contributed by atoms with van der Waals surface area (Å²) in [4.78, 5) is 29.5. The van der Waals surface area contributed by atoms with Gasteiger partial charge in [-0.3, -0.25) is 9.11 Å². The molecule has 2 unspecified atom stereocenters. The van der Waals surface area contributed by atoms with E-state index in [2.05, 4.69) is 26.6 Å². The molecule has 0 spiro atoms. The molecule has 1 heterocycles. The second-order valence-corrected chi connectivity index (χ2v) is 18.5. The van der Waals surface area contributed by atoms with Gasteiger partial charge in [-0.1, -0.05) is 24.3 Å². The lowest BCUT2D eigenvalue weighted by atomic mass is 9.93. The van der Waals surface area contributed by atoms with Gasteiger partial charge in [0.15, 0.2) is 0 Å². The molecule has 0 saturated heterocycles. The molecule has 2 aliphatic rings. The highest BCUT2D eigenvalue weighted by molar-refractivity contribution is 7.86. The third kappa shape index (κ3) is 10.5. The van der Waals surface area contributed by atoms with E-state index in [0.29, 0.717) is 44.7 Å². The van der Waals surface area contributed by atoms with Crippen LogP contribution in [0.3, 0.4) is 0 Å². The monoisotopic (exact) mass is 946 g/mol. The molecule has 0 bridgehead atoms. The lowest BCUT2D eigenvalue weighted by Gasteiger charge is -2.21. The molecule has 1 aliphatic heterocycles. The first-order valence-electron chi connectivity index (χ1n) is 20.3. The lowest BCUT2D eigenvalue weighted by Crippen LogP contribution is -2.37. The van der Waals surface area contributed by atoms with Crippen LogP contribution in [0.4, 0.5) is 38.0 Å². The molecule has 1 aliphatic carbocycles. The summed E-state index contributed by atoms with van der Waals surface area (Å²) in [6.07, 6.45) is -2.39. The number of carbonyl (C=O) groups excluding carboxylic acids is 2. The van der Waals surface area contributed by atoms with E-state index in [1.165, 1.54) is 32.0 Å². The molecule has 19 nitrogen and oxygen atoms in total. The normalized spacial score (nSPS) is 13.1. The Morgan fingerprint density at radius 2 is 1.27 bits per heavy atom. The average Bonchev–Trinajstić information content (AvgIpc) is 3.26. The number of anilines is 4. The number of nitrogens with zero attached hydrogens (tertiary/aromatic N) is 1. The lowest BCUT2D eigenvalue weighted by molar-refractivity contribution is 0.0965. The van der Waals surface area contributed by atoms with Gasteiger partial charge in [-0.25, -0.2) is 14.6 Å². The fourth-order valence-electron chi connectivity index (χ4n) is 7.85. The minimum atomic E-state index is -4.88. The molecule has 2 atom stereocenters. The molecular weight excluding hydrogens is 897 g/mol. The molecule has 6 rings (SSSR count). The van der Waals surface area contributed by atoms with E-state index in [4.69, 9.17) is 19.6 Å². The van der Waals surface area contributed by atoms with Gasteiger partial charge < -0.3 is 51.4 Å². The SMILES string of the molecule is Cc1cc(C)c(Nc2ccc3c(-c4ccccc4S(=O)(=O)O)c4ccc(=Nc5c(C)c(NC(=O)NCC(O)CO)c(C)c(S(=O)(=O)O)c5C)cc-4oc3c2)c(C)c1NC(=O)NCC(O)CO. The predicted molar refractivity (Wildman–Crippen MR) is 248 cm³/mol. The number of aliphatic hydroxyl groups is 4. The van der Waals surface area contributed by atoms with Crippen LogP contribution >= 0.6 is 0 Å². The molecular formula is C45H50N6O13S2. The van der Waals surface area contributed by atoms with Gasteiger partial charge in [0.05, 0.1) is 47.8 Å². The summed E-state index contributed by atoms with van der Waals surface area (Å²) in [6.45, 7) is 8.31. The number of carbonyl (C=O) groups is 2. The van der Waals surface area contributed by atoms with Crippen molar-refractivity contribution in [1.82, 2.24) is 10.6 Å². The number of aliphatic hydroxyl groups excluding tert-OH is 4. The van der Waals surface area contributed by atoms with E-state index in [-0.39, 0.29) is 62.8 Å². The quantitative estimate of drug-likeness (QED) is 0.0477. The molecule has 0 fully saturated rings. The highest BCUT2D eigenvalue weighted by Crippen LogP contribution is 2.44. The maximum atomic E-state index is 12.9. The highest BCUT2D eigenvalue weighted by Gasteiger charge is 2.27. The second kappa shape index (κ2) is 19.6. The van der Waals surface area contributed by atoms with Gasteiger partial charge in [0.25, 0.3) is 20.2 Å². The number of aryl methyl sites for hydroxylation is 2. The van der Waals surface area contributed by atoms with Crippen molar-refractivity contribution < 1.29 is 60.4 Å². The van der Waals surface area contributed by atoms with E-state index in [1.54, 1.807) is 49.4 Å². The van der Waals surface area contributed by atoms with Crippen LogP contribution in [0, 0.1) is 41.5 Å². The van der Waals surface area contributed by atoms with Gasteiger partial charge in [0, 0.05) is 58.7 Å². The van der Waals surface area contributed by atoms with Gasteiger partial charge in [-0.05, 0) is 105 Å². The van der Waals surface area contributed by atoms with Gasteiger partial charge in [0.1, 0.15) is 21.1 Å². The van der Waals surface area contributed by atoms with E-state index >= 15 is 0 Å². The third-order valence-electron chi connectivity index (χ3n) is 10.9. The Morgan fingerprint density at radius 3 is 1.88 bits per heavy atom. The number of rotatable bonds is 14. The minimum absolute atomic E-state index is 0.00618. The summed E-state index contributed by atoms with van der Waals surface area (Å²) < 4.78 is 78.3. The van der Waals surface area contributed by atoms with Crippen LogP contribution in [0.2, 0.25) is 0 Å². The molecule has 66 heavy (non-hydrogen) atoms. The van der Waals surface area contributed by atoms with Gasteiger partial charge >= 0.3 is 12.1 Å². The Labute approximate surface area is 380 Å². The topological polar surface area (TPSA) is 309 Å². The Kier molecular flexibility index (Phi) is 14.5. The zero-order valence-electron chi connectivity index (χ0n) is 36.6. The largest absolute Gasteiger partial charge is 0.456 e. The molecule has 0 saturated carbocycles. The summed E-state index contributed by atoms with van der Waals surface area (Å²) >= 11 is 0. The van der Waals surface area contributed by atoms with E-state index in [9.17, 15) is 45.7 Å². The molecule has 4 amide bonds. The van der Waals surface area contributed by atoms with Crippen LogP contribution in [0.5, 0.6) is 0 Å². The zero-order chi connectivity index (χ0) is 48.4. The number of hydrogen-bond donors (Lipinski definition) is 11. The van der Waals surface area contributed by atoms with Crippen LogP contribution in [0.15, 0.2) is 85.9 Å². The van der Waals surface area contributed by atoms with Crippen molar-refractivity contribution in [1.29, 1.82) is 0 Å². The second-order valence-electron chi connectivity index (χ2n) is 15.7. The average molecular weight is 947 g/mol. The molecule has 11 N–H and O–H groups in total. The number of nitrogens with one attached hydrogen (secondary N) is 5. The first-order chi connectivity index (χ1) is 31.0. The van der Waals surface area contributed by atoms with E-state index in [0.717, 1.165) is 11.1 Å². The Bertz CT molecular complexity index is 3150. The fourth-order valence-corrected chi connectivity index (χ4v) is 9.52. The first kappa shape index (κ1) is 49.0. The van der Waals surface area contributed by atoms with Crippen LogP contribution in [0.1, 0.15) is 33.4 Å². The summed E-state index contributed by atoms with van der Waals surface area (Å²) in [5.74, 6) is 0.185. The highest BCUT2D eigenvalue weighted by atomic mass is 32.2. The van der Waals surface area contributed by atoms with Gasteiger partial charge in [0.2, 0.25) is 0 Å². The van der Waals surface area contributed by atoms with Gasteiger partial charge in [-0.2, -0.15) is 16.8 Å². The van der Waals surface area contributed by atoms with Crippen molar-refractivity contribution >= 4 is 71.7 Å². The maximum Gasteiger partial charge on any atom is 0.319 e. The zero-order valence-corrected chi connectivity index (χ0v) is 38.3. The summed E-state index contributed by atoms with van der Waals surface area (Å²) in [5, 5.41) is 52.0. The van der Waals surface area contributed by atoms with Crippen molar-refractivity contribution in [3.8, 4) is 22.5 Å². The number of urea groups is 2. The third-order valence-corrected chi connectivity index (χ3v) is 13.0. The molecule has 0 radical (unpaired) electrons. The van der Waals surface area contributed by atoms with Crippen LogP contribution in [-0.4, -0.2) is 96.9 Å². The fraction of sp³-hybridized carbons (Fsp3) is 0.267. The first-order valence-corrected chi connectivity index (χ1v) is 23.2. The molecule has 0 aromatic heterocycles. The Hall–Kier alpha value is -6.43. The van der Waals surface area contributed by atoms with E-state index in [1.807, 2.05) is 26.8 Å². The van der Waals surface area contributed by atoms with Crippen molar-refractivity contribution in [2.75, 3.05) is 42.3 Å². The van der Waals surface area contributed by atoms with Crippen molar-refractivity contribution in [3.63, 3.8) is 0 Å². The number of fused-ring (bicyclic) bond motifs is 2. The Balaban J connectivity index is 1.54. The minimum Gasteiger partial charge on any atom is -0.456 e. The van der Waals surface area contributed by atoms with Crippen LogP contribution < -0.4 is 31.9 Å². The summed E-state index contributed by atoms with van der Waals surface area (Å²) in [7, 11) is -9.63. The molecule has 350 valence electrons. The summed E-state index contributed by atoms with van der Waals surface area (Å²) in [6, 6.07) is 16.2. The van der Waals surface area contributed by atoms with Crippen molar-refractivity contribution in [2.24, 2.45) is 4.99 Å². The smallest absolute Gasteiger partial charge is 0.319 e. The van der Waals surface area contributed by atoms with Crippen LogP contribution in [0.25, 0.3) is 33.4 Å². The van der Waals surface area contributed by atoms with Crippen LogP contribution in [-0.2, 0) is 20.2 Å². The standard InChI is InChI=1S/C45H50N6O13S2/c1-22-15-23(2)40(50-44(56)46-18-30(54)20-52)24(3)39(22)48-28-11-13-32-35(16-28)64-36-17-29(12-14-33(36)38(32)34-9-7-8-10-37(34)65(58,59)60)49-41-25(4)42(51-45(57)47-19-31(55)21-53)27(6)43(26(41)5)66(61,62)63/h7-17,30-31,48,52-55H,18-21H2,1-6H3,(H2,46,50,56)(H2,47,51,57)(H,58,59,60)(H,61,62,63). The molecule has 4 aromatic rings. The van der Waals surface area contributed by atoms with E-state index < -0.39 is 62.6 Å². The number of benzene rings is 5. The predicted octanol–water partition coefficient (Wildman–Crippen LogP) is 5.47. The summed E-state index contributed by atoms with van der Waals surface area (Å²) in [5.41, 5.74) is 5.59. The Morgan fingerprint density at radius 1 is 0.667 bits per heavy atom. The molecule has 21 heteroatoms. The molecule has 4 aromatic carbocycles.